The molecule has 0 saturated carbocycles. The van der Waals surface area contributed by atoms with Gasteiger partial charge in [0.05, 0.1) is 0 Å². The van der Waals surface area contributed by atoms with Crippen LogP contribution >= 0.6 is 0 Å². The zero-order valence-corrected chi connectivity index (χ0v) is 16.2. The number of aromatic nitrogens is 1. The fraction of sp³-hybridized carbons (Fsp3) is 0.348. The lowest BCUT2D eigenvalue weighted by Crippen LogP contribution is -2.33. The minimum absolute atomic E-state index is 0.0136. The summed E-state index contributed by atoms with van der Waals surface area (Å²) in [6, 6.07) is 12.9. The average Bonchev–Trinajstić information content (AvgIpc) is 3.10. The number of hydrogen-bond donors (Lipinski definition) is 2. The molecule has 2 N–H and O–H groups in total. The van der Waals surface area contributed by atoms with Gasteiger partial charge in [-0.05, 0) is 48.6 Å². The molecule has 2 unspecified atom stereocenters. The molecule has 2 atom stereocenters. The summed E-state index contributed by atoms with van der Waals surface area (Å²) in [5.74, 6) is -0.385. The van der Waals surface area contributed by atoms with E-state index in [1.165, 1.54) is 17.7 Å². The maximum absolute atomic E-state index is 13.4. The van der Waals surface area contributed by atoms with Gasteiger partial charge < -0.3 is 10.3 Å². The summed E-state index contributed by atoms with van der Waals surface area (Å²) >= 11 is 0. The molecule has 4 heteroatoms. The highest BCUT2D eigenvalue weighted by Gasteiger charge is 2.22. The SMILES string of the molecule is CCc1cccc2c(C(CC(=O)NC(C)CC)c3ccc(F)cc3)c[nH]c12. The molecule has 142 valence electrons. The van der Waals surface area contributed by atoms with Gasteiger partial charge in [-0.1, -0.05) is 44.2 Å². The lowest BCUT2D eigenvalue weighted by Gasteiger charge is -2.19. The molecule has 0 spiro atoms. The van der Waals surface area contributed by atoms with Crippen LogP contribution < -0.4 is 5.32 Å². The second-order valence-electron chi connectivity index (χ2n) is 7.12. The Morgan fingerprint density at radius 1 is 1.15 bits per heavy atom. The van der Waals surface area contributed by atoms with Gasteiger partial charge in [0.1, 0.15) is 5.82 Å². The Morgan fingerprint density at radius 2 is 1.89 bits per heavy atom. The quantitative estimate of drug-likeness (QED) is 0.585. The lowest BCUT2D eigenvalue weighted by atomic mass is 9.87. The van der Waals surface area contributed by atoms with Gasteiger partial charge >= 0.3 is 0 Å². The van der Waals surface area contributed by atoms with Crippen molar-refractivity contribution in [3.8, 4) is 0 Å². The molecule has 1 amide bonds. The smallest absolute Gasteiger partial charge is 0.221 e. The fourth-order valence-corrected chi connectivity index (χ4v) is 3.55. The molecule has 27 heavy (non-hydrogen) atoms. The molecule has 3 nitrogen and oxygen atoms in total. The summed E-state index contributed by atoms with van der Waals surface area (Å²) < 4.78 is 13.4. The van der Waals surface area contributed by atoms with Crippen LogP contribution in [0.5, 0.6) is 0 Å². The average molecular weight is 366 g/mol. The third kappa shape index (κ3) is 4.21. The number of carbonyl (C=O) groups is 1. The molecule has 0 saturated heterocycles. The van der Waals surface area contributed by atoms with E-state index in [1.54, 1.807) is 12.1 Å². The van der Waals surface area contributed by atoms with Crippen molar-refractivity contribution in [1.29, 1.82) is 0 Å². The van der Waals surface area contributed by atoms with Crippen molar-refractivity contribution in [2.24, 2.45) is 0 Å². The van der Waals surface area contributed by atoms with Crippen LogP contribution in [0.4, 0.5) is 4.39 Å². The van der Waals surface area contributed by atoms with Gasteiger partial charge in [-0.15, -0.1) is 0 Å². The molecule has 0 fully saturated rings. The number of fused-ring (bicyclic) bond motifs is 1. The number of nitrogens with one attached hydrogen (secondary N) is 2. The molecular weight excluding hydrogens is 339 g/mol. The zero-order valence-electron chi connectivity index (χ0n) is 16.2. The number of aryl methyl sites for hydroxylation is 1. The van der Waals surface area contributed by atoms with Crippen molar-refractivity contribution < 1.29 is 9.18 Å². The van der Waals surface area contributed by atoms with Gasteiger partial charge in [0.25, 0.3) is 0 Å². The second-order valence-corrected chi connectivity index (χ2v) is 7.12. The molecule has 1 aromatic heterocycles. The van der Waals surface area contributed by atoms with Crippen molar-refractivity contribution in [2.75, 3.05) is 0 Å². The normalized spacial score (nSPS) is 13.5. The molecular formula is C23H27FN2O. The third-order valence-electron chi connectivity index (χ3n) is 5.27. The van der Waals surface area contributed by atoms with E-state index in [4.69, 9.17) is 0 Å². The molecule has 3 rings (SSSR count). The Kier molecular flexibility index (Phi) is 5.94. The van der Waals surface area contributed by atoms with Gasteiger partial charge in [0.2, 0.25) is 5.91 Å². The molecule has 0 aliphatic heterocycles. The lowest BCUT2D eigenvalue weighted by molar-refractivity contribution is -0.121. The van der Waals surface area contributed by atoms with Gasteiger partial charge in [-0.25, -0.2) is 4.39 Å². The van der Waals surface area contributed by atoms with E-state index in [0.717, 1.165) is 34.9 Å². The predicted molar refractivity (Wildman–Crippen MR) is 108 cm³/mol. The third-order valence-corrected chi connectivity index (χ3v) is 5.27. The number of H-pyrrole nitrogens is 1. The van der Waals surface area contributed by atoms with E-state index in [2.05, 4.69) is 35.4 Å². The number of carbonyl (C=O) groups excluding carboxylic acids is 1. The molecule has 0 bridgehead atoms. The van der Waals surface area contributed by atoms with Gasteiger partial charge in [-0.3, -0.25) is 4.79 Å². The highest BCUT2D eigenvalue weighted by molar-refractivity contribution is 5.88. The first-order valence-electron chi connectivity index (χ1n) is 9.67. The Hall–Kier alpha value is -2.62. The van der Waals surface area contributed by atoms with E-state index in [9.17, 15) is 9.18 Å². The van der Waals surface area contributed by atoms with Crippen molar-refractivity contribution >= 4 is 16.8 Å². The van der Waals surface area contributed by atoms with Crippen LogP contribution in [0.1, 0.15) is 56.2 Å². The molecule has 3 aromatic rings. The summed E-state index contributed by atoms with van der Waals surface area (Å²) in [4.78, 5) is 16.0. The molecule has 0 aliphatic carbocycles. The Morgan fingerprint density at radius 3 is 2.56 bits per heavy atom. The first kappa shape index (κ1) is 19.2. The van der Waals surface area contributed by atoms with Crippen LogP contribution in [0, 0.1) is 5.82 Å². The zero-order chi connectivity index (χ0) is 19.4. The molecule has 1 heterocycles. The standard InChI is InChI=1S/C23H27FN2O/c1-4-15(3)26-22(27)13-20(17-9-11-18(24)12-10-17)21-14-25-23-16(5-2)7-6-8-19(21)23/h6-12,14-15,20,25H,4-5,13H2,1-3H3,(H,26,27). The number of hydrogen-bond acceptors (Lipinski definition) is 1. The maximum atomic E-state index is 13.4. The number of halogens is 1. The molecule has 0 radical (unpaired) electrons. The number of rotatable bonds is 7. The van der Waals surface area contributed by atoms with Crippen LogP contribution in [0.25, 0.3) is 10.9 Å². The monoisotopic (exact) mass is 366 g/mol. The molecule has 0 aliphatic rings. The van der Waals surface area contributed by atoms with Gasteiger partial charge in [-0.2, -0.15) is 0 Å². The van der Waals surface area contributed by atoms with Crippen LogP contribution in [-0.2, 0) is 11.2 Å². The fourth-order valence-electron chi connectivity index (χ4n) is 3.55. The van der Waals surface area contributed by atoms with Crippen molar-refractivity contribution in [3.63, 3.8) is 0 Å². The second kappa shape index (κ2) is 8.38. The number of aromatic amines is 1. The van der Waals surface area contributed by atoms with Crippen molar-refractivity contribution in [3.05, 3.63) is 71.2 Å². The van der Waals surface area contributed by atoms with Crippen molar-refractivity contribution in [1.82, 2.24) is 10.3 Å². The predicted octanol–water partition coefficient (Wildman–Crippen LogP) is 5.31. The van der Waals surface area contributed by atoms with Crippen LogP contribution in [0.15, 0.2) is 48.7 Å². The number of benzene rings is 2. The first-order valence-corrected chi connectivity index (χ1v) is 9.67. The molecule has 2 aromatic carbocycles. The maximum Gasteiger partial charge on any atom is 0.221 e. The highest BCUT2D eigenvalue weighted by atomic mass is 19.1. The van der Waals surface area contributed by atoms with E-state index in [0.29, 0.717) is 6.42 Å². The van der Waals surface area contributed by atoms with Gasteiger partial charge in [0, 0.05) is 35.5 Å². The largest absolute Gasteiger partial charge is 0.361 e. The topological polar surface area (TPSA) is 44.9 Å². The van der Waals surface area contributed by atoms with Crippen molar-refractivity contribution in [2.45, 2.75) is 52.0 Å². The minimum Gasteiger partial charge on any atom is -0.361 e. The summed E-state index contributed by atoms with van der Waals surface area (Å²) in [6.07, 6.45) is 4.15. The Balaban J connectivity index is 2.02. The van der Waals surface area contributed by atoms with E-state index in [-0.39, 0.29) is 23.7 Å². The van der Waals surface area contributed by atoms with Gasteiger partial charge in [0.15, 0.2) is 0 Å². The van der Waals surface area contributed by atoms with E-state index < -0.39 is 0 Å². The Bertz CT molecular complexity index is 914. The van der Waals surface area contributed by atoms with Crippen LogP contribution in [-0.4, -0.2) is 16.9 Å². The number of amides is 1. The minimum atomic E-state index is -0.270. The van der Waals surface area contributed by atoms with E-state index >= 15 is 0 Å². The summed E-state index contributed by atoms with van der Waals surface area (Å²) in [6.45, 7) is 6.19. The number of para-hydroxylation sites is 1. The summed E-state index contributed by atoms with van der Waals surface area (Å²) in [7, 11) is 0. The van der Waals surface area contributed by atoms with Crippen LogP contribution in [0.3, 0.4) is 0 Å². The highest BCUT2D eigenvalue weighted by Crippen LogP contribution is 2.34. The van der Waals surface area contributed by atoms with E-state index in [1.807, 2.05) is 20.0 Å². The summed E-state index contributed by atoms with van der Waals surface area (Å²) in [5.41, 5.74) is 4.38. The van der Waals surface area contributed by atoms with Crippen LogP contribution in [0.2, 0.25) is 0 Å². The first-order chi connectivity index (χ1) is 13.0. The Labute approximate surface area is 160 Å². The summed E-state index contributed by atoms with van der Waals surface area (Å²) in [5, 5.41) is 4.18.